The predicted molar refractivity (Wildman–Crippen MR) is 80.1 cm³/mol. The molecule has 1 nitrogen and oxygen atoms in total. The summed E-state index contributed by atoms with van der Waals surface area (Å²) in [6.07, 6.45) is 1.86. The van der Waals surface area contributed by atoms with Crippen LogP contribution in [0.5, 0.6) is 0 Å². The third-order valence-corrected chi connectivity index (χ3v) is 4.32. The van der Waals surface area contributed by atoms with Crippen molar-refractivity contribution in [3.05, 3.63) is 71.3 Å². The van der Waals surface area contributed by atoms with Gasteiger partial charge in [0.25, 0.3) is 0 Å². The van der Waals surface area contributed by atoms with Crippen molar-refractivity contribution in [2.24, 2.45) is 0 Å². The molecule has 2 aromatic rings. The van der Waals surface area contributed by atoms with E-state index < -0.39 is 0 Å². The Morgan fingerprint density at radius 3 is 2.52 bits per heavy atom. The minimum atomic E-state index is -0.209. The van der Waals surface area contributed by atoms with Gasteiger partial charge in [-0.3, -0.25) is 0 Å². The van der Waals surface area contributed by atoms with Gasteiger partial charge in [0.15, 0.2) is 0 Å². The molecule has 1 aliphatic carbocycles. The van der Waals surface area contributed by atoms with E-state index in [0.717, 1.165) is 24.0 Å². The Bertz CT molecular complexity index is 620. The summed E-state index contributed by atoms with van der Waals surface area (Å²) in [5.74, 6) is -0.0264. The molecule has 110 valence electrons. The molecular formula is C18H19F2N. The van der Waals surface area contributed by atoms with E-state index in [1.54, 1.807) is 18.2 Å². The predicted octanol–water partition coefficient (Wildman–Crippen LogP) is 4.56. The molecule has 3 rings (SSSR count). The van der Waals surface area contributed by atoms with Crippen molar-refractivity contribution in [2.75, 3.05) is 0 Å². The Kier molecular flexibility index (Phi) is 4.02. The maximum Gasteiger partial charge on any atom is 0.126 e. The fourth-order valence-electron chi connectivity index (χ4n) is 3.04. The summed E-state index contributed by atoms with van der Waals surface area (Å²) in [5.41, 5.74) is 1.76. The van der Waals surface area contributed by atoms with Crippen LogP contribution in [0.4, 0.5) is 8.78 Å². The highest BCUT2D eigenvalue weighted by Crippen LogP contribution is 2.38. The second kappa shape index (κ2) is 5.94. The van der Waals surface area contributed by atoms with E-state index in [0.29, 0.717) is 12.0 Å². The summed E-state index contributed by atoms with van der Waals surface area (Å²) in [6.45, 7) is 2.03. The normalized spacial score (nSPS) is 22.6. The monoisotopic (exact) mass is 287 g/mol. The topological polar surface area (TPSA) is 12.0 Å². The van der Waals surface area contributed by atoms with Gasteiger partial charge in [0.2, 0.25) is 0 Å². The Labute approximate surface area is 124 Å². The third-order valence-electron chi connectivity index (χ3n) is 4.32. The van der Waals surface area contributed by atoms with Gasteiger partial charge < -0.3 is 5.32 Å². The van der Waals surface area contributed by atoms with E-state index in [9.17, 15) is 8.78 Å². The van der Waals surface area contributed by atoms with E-state index in [-0.39, 0.29) is 17.7 Å². The molecule has 0 radical (unpaired) electrons. The molecule has 0 saturated heterocycles. The molecule has 0 amide bonds. The molecule has 1 unspecified atom stereocenters. The van der Waals surface area contributed by atoms with Gasteiger partial charge in [-0.25, -0.2) is 8.78 Å². The first-order valence-electron chi connectivity index (χ1n) is 7.39. The minimum Gasteiger partial charge on any atom is -0.307 e. The molecule has 21 heavy (non-hydrogen) atoms. The second-order valence-corrected chi connectivity index (χ2v) is 5.83. The molecule has 1 saturated carbocycles. The lowest BCUT2D eigenvalue weighted by molar-refractivity contribution is 0.266. The van der Waals surface area contributed by atoms with Gasteiger partial charge >= 0.3 is 0 Å². The summed E-state index contributed by atoms with van der Waals surface area (Å²) in [5, 5.41) is 3.49. The van der Waals surface area contributed by atoms with Crippen molar-refractivity contribution in [3.63, 3.8) is 0 Å². The van der Waals surface area contributed by atoms with Crippen LogP contribution < -0.4 is 5.32 Å². The van der Waals surface area contributed by atoms with E-state index in [2.05, 4.69) is 5.32 Å². The molecule has 0 aliphatic heterocycles. The number of hydrogen-bond donors (Lipinski definition) is 1. The average Bonchev–Trinajstić information content (AvgIpc) is 2.43. The molecule has 1 aliphatic rings. The minimum absolute atomic E-state index is 0.104. The van der Waals surface area contributed by atoms with Crippen LogP contribution in [0.15, 0.2) is 48.5 Å². The van der Waals surface area contributed by atoms with Crippen LogP contribution in [0.3, 0.4) is 0 Å². The maximum atomic E-state index is 13.7. The van der Waals surface area contributed by atoms with Crippen LogP contribution in [-0.2, 0) is 0 Å². The largest absolute Gasteiger partial charge is 0.307 e. The second-order valence-electron chi connectivity index (χ2n) is 5.83. The Morgan fingerprint density at radius 2 is 1.81 bits per heavy atom. The van der Waals surface area contributed by atoms with Crippen molar-refractivity contribution in [1.82, 2.24) is 5.32 Å². The van der Waals surface area contributed by atoms with Gasteiger partial charge in [-0.2, -0.15) is 0 Å². The highest BCUT2D eigenvalue weighted by Gasteiger charge is 2.32. The third kappa shape index (κ3) is 3.13. The van der Waals surface area contributed by atoms with Crippen molar-refractivity contribution in [1.29, 1.82) is 0 Å². The number of rotatable bonds is 4. The van der Waals surface area contributed by atoms with Gasteiger partial charge in [-0.15, -0.1) is 0 Å². The van der Waals surface area contributed by atoms with Crippen molar-refractivity contribution >= 4 is 0 Å². The number of nitrogens with one attached hydrogen (secondary N) is 1. The summed E-state index contributed by atoms with van der Waals surface area (Å²) >= 11 is 0. The average molecular weight is 287 g/mol. The summed E-state index contributed by atoms with van der Waals surface area (Å²) in [4.78, 5) is 0. The zero-order valence-electron chi connectivity index (χ0n) is 12.0. The fraction of sp³-hybridized carbons (Fsp3) is 0.333. The van der Waals surface area contributed by atoms with E-state index in [1.165, 1.54) is 12.1 Å². The molecule has 1 fully saturated rings. The SMILES string of the molecule is CC(NC1CC(c2ccccc2F)C1)c1cccc(F)c1. The maximum absolute atomic E-state index is 13.7. The number of halogens is 2. The van der Waals surface area contributed by atoms with Gasteiger partial charge in [0.05, 0.1) is 0 Å². The molecule has 0 heterocycles. The van der Waals surface area contributed by atoms with Crippen LogP contribution in [0, 0.1) is 11.6 Å². The molecule has 2 aromatic carbocycles. The zero-order valence-corrected chi connectivity index (χ0v) is 12.0. The molecule has 0 aromatic heterocycles. The molecular weight excluding hydrogens is 268 g/mol. The van der Waals surface area contributed by atoms with Gasteiger partial charge in [-0.05, 0) is 55.0 Å². The summed E-state index contributed by atoms with van der Waals surface area (Å²) < 4.78 is 26.9. The fourth-order valence-corrected chi connectivity index (χ4v) is 3.04. The van der Waals surface area contributed by atoms with Crippen molar-refractivity contribution in [2.45, 2.75) is 37.8 Å². The van der Waals surface area contributed by atoms with Crippen LogP contribution >= 0.6 is 0 Å². The van der Waals surface area contributed by atoms with Crippen LogP contribution in [-0.4, -0.2) is 6.04 Å². The quantitative estimate of drug-likeness (QED) is 0.869. The van der Waals surface area contributed by atoms with Crippen molar-refractivity contribution < 1.29 is 8.78 Å². The molecule has 3 heteroatoms. The van der Waals surface area contributed by atoms with Gasteiger partial charge in [-0.1, -0.05) is 30.3 Å². The number of hydrogen-bond acceptors (Lipinski definition) is 1. The van der Waals surface area contributed by atoms with Gasteiger partial charge in [0, 0.05) is 12.1 Å². The highest BCUT2D eigenvalue weighted by molar-refractivity contribution is 5.25. The lowest BCUT2D eigenvalue weighted by atomic mass is 9.75. The first-order valence-corrected chi connectivity index (χ1v) is 7.39. The molecule has 0 bridgehead atoms. The number of benzene rings is 2. The van der Waals surface area contributed by atoms with Crippen LogP contribution in [0.25, 0.3) is 0 Å². The molecule has 0 spiro atoms. The Balaban J connectivity index is 1.56. The van der Waals surface area contributed by atoms with Crippen LogP contribution in [0.1, 0.15) is 42.9 Å². The summed E-state index contributed by atoms with van der Waals surface area (Å²) in [7, 11) is 0. The van der Waals surface area contributed by atoms with Crippen molar-refractivity contribution in [3.8, 4) is 0 Å². The highest BCUT2D eigenvalue weighted by atomic mass is 19.1. The Hall–Kier alpha value is -1.74. The van der Waals surface area contributed by atoms with E-state index in [1.807, 2.05) is 25.1 Å². The smallest absolute Gasteiger partial charge is 0.126 e. The first-order chi connectivity index (χ1) is 10.1. The molecule has 1 atom stereocenters. The lowest BCUT2D eigenvalue weighted by Gasteiger charge is -2.38. The van der Waals surface area contributed by atoms with E-state index >= 15 is 0 Å². The van der Waals surface area contributed by atoms with Crippen LogP contribution in [0.2, 0.25) is 0 Å². The van der Waals surface area contributed by atoms with Gasteiger partial charge in [0.1, 0.15) is 11.6 Å². The lowest BCUT2D eigenvalue weighted by Crippen LogP contribution is -2.41. The first kappa shape index (κ1) is 14.2. The summed E-state index contributed by atoms with van der Waals surface area (Å²) in [6, 6.07) is 14.1. The standard InChI is InChI=1S/C18H19F2N/c1-12(13-5-4-6-15(19)9-13)21-16-10-14(11-16)17-7-2-3-8-18(17)20/h2-9,12,14,16,21H,10-11H2,1H3. The molecule has 1 N–H and O–H groups in total. The Morgan fingerprint density at radius 1 is 1.05 bits per heavy atom. The van der Waals surface area contributed by atoms with E-state index in [4.69, 9.17) is 0 Å². The zero-order chi connectivity index (χ0) is 14.8.